The largest absolute Gasteiger partial charge is 0.346 e. The van der Waals surface area contributed by atoms with Crippen molar-refractivity contribution >= 4 is 28.6 Å². The van der Waals surface area contributed by atoms with E-state index in [0.29, 0.717) is 6.54 Å². The summed E-state index contributed by atoms with van der Waals surface area (Å²) in [6.07, 6.45) is 3.54. The van der Waals surface area contributed by atoms with E-state index in [4.69, 9.17) is 0 Å². The number of nitrogens with one attached hydrogen (secondary N) is 1. The van der Waals surface area contributed by atoms with Gasteiger partial charge in [-0.1, -0.05) is 6.07 Å². The van der Waals surface area contributed by atoms with Crippen LogP contribution in [-0.4, -0.2) is 15.9 Å². The zero-order valence-corrected chi connectivity index (χ0v) is 13.0. The number of carbonyl (C=O) groups is 1. The number of thiophene rings is 1. The topological polar surface area (TPSA) is 54.9 Å². The van der Waals surface area contributed by atoms with Gasteiger partial charge in [-0.3, -0.25) is 9.78 Å². The van der Waals surface area contributed by atoms with Crippen molar-refractivity contribution in [2.75, 3.05) is 0 Å². The van der Waals surface area contributed by atoms with Gasteiger partial charge >= 0.3 is 0 Å². The molecule has 1 N–H and O–H groups in total. The number of aromatic nitrogens is 2. The zero-order valence-electron chi connectivity index (χ0n) is 11.4. The molecule has 1 amide bonds. The molecule has 0 saturated carbocycles. The first-order valence-electron chi connectivity index (χ1n) is 6.42. The van der Waals surface area contributed by atoms with Crippen LogP contribution in [-0.2, 0) is 6.54 Å². The van der Waals surface area contributed by atoms with Gasteiger partial charge in [0.25, 0.3) is 5.91 Å². The molecular formula is C15H13N3OS2. The average molecular weight is 315 g/mol. The van der Waals surface area contributed by atoms with Crippen molar-refractivity contribution in [1.29, 1.82) is 0 Å². The Morgan fingerprint density at radius 1 is 1.33 bits per heavy atom. The summed E-state index contributed by atoms with van der Waals surface area (Å²) in [6, 6.07) is 7.57. The fraction of sp³-hybridized carbons (Fsp3) is 0.133. The molecule has 0 fully saturated rings. The molecule has 3 aromatic heterocycles. The van der Waals surface area contributed by atoms with Gasteiger partial charge in [-0.25, -0.2) is 4.98 Å². The fourth-order valence-electron chi connectivity index (χ4n) is 1.86. The Labute approximate surface area is 130 Å². The molecule has 6 heteroatoms. The number of thiazole rings is 1. The lowest BCUT2D eigenvalue weighted by Gasteiger charge is -2.01. The van der Waals surface area contributed by atoms with E-state index < -0.39 is 0 Å². The molecule has 21 heavy (non-hydrogen) atoms. The predicted octanol–water partition coefficient (Wildman–Crippen LogP) is 3.51. The molecule has 4 nitrogen and oxygen atoms in total. The second-order valence-corrected chi connectivity index (χ2v) is 6.46. The highest BCUT2D eigenvalue weighted by Gasteiger charge is 2.11. The van der Waals surface area contributed by atoms with E-state index >= 15 is 0 Å². The van der Waals surface area contributed by atoms with Gasteiger partial charge in [-0.15, -0.1) is 22.7 Å². The van der Waals surface area contributed by atoms with E-state index in [1.54, 1.807) is 23.7 Å². The van der Waals surface area contributed by atoms with Crippen molar-refractivity contribution in [2.24, 2.45) is 0 Å². The summed E-state index contributed by atoms with van der Waals surface area (Å²) in [5.74, 6) is -0.0410. The molecule has 0 atom stereocenters. The van der Waals surface area contributed by atoms with Crippen LogP contribution in [0.15, 0.2) is 42.0 Å². The third-order valence-corrected chi connectivity index (χ3v) is 5.03. The predicted molar refractivity (Wildman–Crippen MR) is 85.6 cm³/mol. The molecule has 0 radical (unpaired) electrons. The van der Waals surface area contributed by atoms with Crippen LogP contribution in [0, 0.1) is 6.92 Å². The lowest BCUT2D eigenvalue weighted by Crippen LogP contribution is -2.21. The Hall–Kier alpha value is -2.05. The summed E-state index contributed by atoms with van der Waals surface area (Å²) in [5.41, 5.74) is 1.95. The standard InChI is InChI=1S/C15H13N3OS2/c1-10-13(9-17-14(19)12-5-3-7-20-12)21-15(18-10)11-4-2-6-16-8-11/h2-8H,9H2,1H3,(H,17,19). The molecule has 0 unspecified atom stereocenters. The van der Waals surface area contributed by atoms with Crippen LogP contribution < -0.4 is 5.32 Å². The SMILES string of the molecule is Cc1nc(-c2cccnc2)sc1CNC(=O)c1cccs1. The van der Waals surface area contributed by atoms with Crippen LogP contribution in [0.2, 0.25) is 0 Å². The Bertz CT molecular complexity index is 736. The second kappa shape index (κ2) is 6.15. The van der Waals surface area contributed by atoms with Gasteiger partial charge in [0.2, 0.25) is 0 Å². The lowest BCUT2D eigenvalue weighted by molar-refractivity contribution is 0.0955. The monoisotopic (exact) mass is 315 g/mol. The smallest absolute Gasteiger partial charge is 0.261 e. The number of amides is 1. The summed E-state index contributed by atoms with van der Waals surface area (Å²) in [7, 11) is 0. The van der Waals surface area contributed by atoms with Crippen LogP contribution in [0.5, 0.6) is 0 Å². The first kappa shape index (κ1) is 13.9. The highest BCUT2D eigenvalue weighted by atomic mass is 32.1. The van der Waals surface area contributed by atoms with Gasteiger partial charge in [0.05, 0.1) is 17.1 Å². The first-order chi connectivity index (χ1) is 10.2. The summed E-state index contributed by atoms with van der Waals surface area (Å²) in [4.78, 5) is 22.4. The molecule has 3 aromatic rings. The van der Waals surface area contributed by atoms with Crippen LogP contribution in [0.3, 0.4) is 0 Å². The van der Waals surface area contributed by atoms with E-state index in [1.807, 2.05) is 36.6 Å². The van der Waals surface area contributed by atoms with Crippen LogP contribution in [0.4, 0.5) is 0 Å². The Morgan fingerprint density at radius 2 is 2.24 bits per heavy atom. The van der Waals surface area contributed by atoms with Gasteiger partial charge in [-0.05, 0) is 30.5 Å². The highest BCUT2D eigenvalue weighted by Crippen LogP contribution is 2.27. The number of aryl methyl sites for hydroxylation is 1. The number of rotatable bonds is 4. The Balaban J connectivity index is 1.72. The minimum absolute atomic E-state index is 0.0410. The maximum atomic E-state index is 11.9. The van der Waals surface area contributed by atoms with E-state index in [-0.39, 0.29) is 5.91 Å². The zero-order chi connectivity index (χ0) is 14.7. The van der Waals surface area contributed by atoms with Crippen LogP contribution in [0.1, 0.15) is 20.2 Å². The highest BCUT2D eigenvalue weighted by molar-refractivity contribution is 7.15. The second-order valence-electron chi connectivity index (χ2n) is 4.43. The number of hydrogen-bond acceptors (Lipinski definition) is 5. The molecule has 0 aliphatic carbocycles. The van der Waals surface area contributed by atoms with Gasteiger partial charge in [0.15, 0.2) is 0 Å². The summed E-state index contributed by atoms with van der Waals surface area (Å²) in [5, 5.41) is 5.76. The van der Waals surface area contributed by atoms with Crippen molar-refractivity contribution in [2.45, 2.75) is 13.5 Å². The summed E-state index contributed by atoms with van der Waals surface area (Å²) < 4.78 is 0. The molecule has 106 valence electrons. The van der Waals surface area contributed by atoms with Gasteiger partial charge in [0.1, 0.15) is 5.01 Å². The third kappa shape index (κ3) is 3.17. The first-order valence-corrected chi connectivity index (χ1v) is 8.12. The average Bonchev–Trinajstić information content (AvgIpc) is 3.16. The van der Waals surface area contributed by atoms with E-state index in [2.05, 4.69) is 15.3 Å². The molecule has 0 aliphatic rings. The van der Waals surface area contributed by atoms with Crippen molar-refractivity contribution in [3.05, 3.63) is 57.5 Å². The van der Waals surface area contributed by atoms with Gasteiger partial charge in [0, 0.05) is 22.8 Å². The third-order valence-electron chi connectivity index (χ3n) is 2.96. The molecule has 0 aromatic carbocycles. The molecular weight excluding hydrogens is 302 g/mol. The number of carbonyl (C=O) groups excluding carboxylic acids is 1. The number of nitrogens with zero attached hydrogens (tertiary/aromatic N) is 2. The van der Waals surface area contributed by atoms with E-state index in [9.17, 15) is 4.79 Å². The molecule has 3 heterocycles. The molecule has 0 saturated heterocycles. The fourth-order valence-corrected chi connectivity index (χ4v) is 3.49. The maximum Gasteiger partial charge on any atom is 0.261 e. The quantitative estimate of drug-likeness (QED) is 0.801. The summed E-state index contributed by atoms with van der Waals surface area (Å²) in [6.45, 7) is 2.46. The minimum atomic E-state index is -0.0410. The Kier molecular flexibility index (Phi) is 4.08. The van der Waals surface area contributed by atoms with E-state index in [0.717, 1.165) is 26.0 Å². The Morgan fingerprint density at radius 3 is 2.95 bits per heavy atom. The molecule has 3 rings (SSSR count). The molecule has 0 bridgehead atoms. The normalized spacial score (nSPS) is 10.5. The van der Waals surface area contributed by atoms with E-state index in [1.165, 1.54) is 11.3 Å². The number of hydrogen-bond donors (Lipinski definition) is 1. The minimum Gasteiger partial charge on any atom is -0.346 e. The van der Waals surface area contributed by atoms with Crippen molar-refractivity contribution < 1.29 is 4.79 Å². The van der Waals surface area contributed by atoms with Crippen molar-refractivity contribution in [1.82, 2.24) is 15.3 Å². The van der Waals surface area contributed by atoms with Crippen molar-refractivity contribution in [3.8, 4) is 10.6 Å². The van der Waals surface area contributed by atoms with Gasteiger partial charge < -0.3 is 5.32 Å². The number of pyridine rings is 1. The van der Waals surface area contributed by atoms with Crippen LogP contribution in [0.25, 0.3) is 10.6 Å². The van der Waals surface area contributed by atoms with Crippen molar-refractivity contribution in [3.63, 3.8) is 0 Å². The molecule has 0 spiro atoms. The van der Waals surface area contributed by atoms with Crippen LogP contribution >= 0.6 is 22.7 Å². The van der Waals surface area contributed by atoms with Gasteiger partial charge in [-0.2, -0.15) is 0 Å². The lowest BCUT2D eigenvalue weighted by atomic mass is 10.3. The maximum absolute atomic E-state index is 11.9. The molecule has 0 aliphatic heterocycles. The summed E-state index contributed by atoms with van der Waals surface area (Å²) >= 11 is 3.03.